The van der Waals surface area contributed by atoms with Crippen LogP contribution < -0.4 is 10.1 Å². The predicted molar refractivity (Wildman–Crippen MR) is 124 cm³/mol. The van der Waals surface area contributed by atoms with Crippen LogP contribution in [0.25, 0.3) is 11.0 Å². The lowest BCUT2D eigenvalue weighted by Gasteiger charge is -2.09. The molecule has 3 aromatic carbocycles. The number of hydrogen-bond donors (Lipinski definition) is 1. The number of nitrogens with one attached hydrogen (secondary N) is 1. The molecule has 0 bridgehead atoms. The number of fused-ring (bicyclic) bond motifs is 1. The van der Waals surface area contributed by atoms with E-state index in [9.17, 15) is 9.59 Å². The lowest BCUT2D eigenvalue weighted by molar-refractivity contribution is 0.101. The third-order valence-electron chi connectivity index (χ3n) is 4.72. The van der Waals surface area contributed by atoms with Crippen LogP contribution >= 0.6 is 15.9 Å². The molecule has 4 aromatic rings. The number of amides is 1. The highest BCUT2D eigenvalue weighted by atomic mass is 79.9. The molecular formula is C25H20BrNO4. The van der Waals surface area contributed by atoms with Crippen molar-refractivity contribution < 1.29 is 18.7 Å². The normalized spacial score (nSPS) is 10.8. The van der Waals surface area contributed by atoms with Crippen LogP contribution in [0, 0.1) is 0 Å². The van der Waals surface area contributed by atoms with Gasteiger partial charge in [0.1, 0.15) is 11.3 Å². The fraction of sp³-hybridized carbons (Fsp3) is 0.120. The monoisotopic (exact) mass is 477 g/mol. The van der Waals surface area contributed by atoms with Gasteiger partial charge in [-0.25, -0.2) is 0 Å². The van der Waals surface area contributed by atoms with Crippen LogP contribution in [0.1, 0.15) is 39.8 Å². The van der Waals surface area contributed by atoms with Crippen LogP contribution in [0.5, 0.6) is 5.75 Å². The lowest BCUT2D eigenvalue weighted by atomic mass is 10.1. The Labute approximate surface area is 188 Å². The van der Waals surface area contributed by atoms with Crippen molar-refractivity contribution in [2.75, 3.05) is 11.9 Å². The van der Waals surface area contributed by atoms with E-state index in [1.54, 1.807) is 48.5 Å². The van der Waals surface area contributed by atoms with Gasteiger partial charge in [0.05, 0.1) is 12.3 Å². The summed E-state index contributed by atoms with van der Waals surface area (Å²) in [6.07, 6.45) is 0.874. The van der Waals surface area contributed by atoms with Gasteiger partial charge < -0.3 is 14.5 Å². The van der Waals surface area contributed by atoms with Crippen LogP contribution in [0.4, 0.5) is 5.69 Å². The van der Waals surface area contributed by atoms with Gasteiger partial charge in [-0.1, -0.05) is 41.1 Å². The number of benzene rings is 3. The molecule has 0 unspecified atom stereocenters. The van der Waals surface area contributed by atoms with E-state index in [0.717, 1.165) is 10.9 Å². The molecule has 0 radical (unpaired) electrons. The highest BCUT2D eigenvalue weighted by Crippen LogP contribution is 2.33. The summed E-state index contributed by atoms with van der Waals surface area (Å²) in [5.74, 6) is 0.0605. The van der Waals surface area contributed by atoms with Crippen molar-refractivity contribution in [1.82, 2.24) is 0 Å². The molecule has 0 atom stereocenters. The van der Waals surface area contributed by atoms with E-state index in [1.807, 2.05) is 31.2 Å². The number of ether oxygens (including phenoxy) is 1. The molecule has 5 nitrogen and oxygen atoms in total. The zero-order valence-corrected chi connectivity index (χ0v) is 18.4. The molecule has 0 aliphatic rings. The molecule has 156 valence electrons. The Kier molecular flexibility index (Phi) is 6.18. The Morgan fingerprint density at radius 1 is 0.968 bits per heavy atom. The molecule has 1 N–H and O–H groups in total. The highest BCUT2D eigenvalue weighted by Gasteiger charge is 2.24. The molecule has 0 fully saturated rings. The summed E-state index contributed by atoms with van der Waals surface area (Å²) in [5, 5.41) is 3.54. The summed E-state index contributed by atoms with van der Waals surface area (Å²) >= 11 is 3.37. The molecule has 0 aliphatic carbocycles. The minimum atomic E-state index is -0.349. The van der Waals surface area contributed by atoms with Crippen molar-refractivity contribution in [3.8, 4) is 5.75 Å². The zero-order chi connectivity index (χ0) is 21.8. The zero-order valence-electron chi connectivity index (χ0n) is 16.9. The number of halogens is 1. The Morgan fingerprint density at radius 3 is 2.52 bits per heavy atom. The SMILES string of the molecule is CCCOc1cccc(C(=O)Nc2c(C(=O)c3ccc(Br)cc3)oc3ccccc23)c1. The second-order valence-electron chi connectivity index (χ2n) is 6.97. The molecule has 31 heavy (non-hydrogen) atoms. The molecule has 0 spiro atoms. The van der Waals surface area contributed by atoms with Crippen LogP contribution in [0.3, 0.4) is 0 Å². The van der Waals surface area contributed by atoms with Gasteiger partial charge in [-0.05, 0) is 61.0 Å². The van der Waals surface area contributed by atoms with Crippen LogP contribution in [0.15, 0.2) is 81.7 Å². The highest BCUT2D eigenvalue weighted by molar-refractivity contribution is 9.10. The molecule has 4 rings (SSSR count). The van der Waals surface area contributed by atoms with Crippen molar-refractivity contribution >= 4 is 44.3 Å². The number of rotatable bonds is 7. The van der Waals surface area contributed by atoms with Crippen LogP contribution in [-0.2, 0) is 0 Å². The first kappa shape index (κ1) is 20.9. The van der Waals surface area contributed by atoms with E-state index in [4.69, 9.17) is 9.15 Å². The van der Waals surface area contributed by atoms with Gasteiger partial charge >= 0.3 is 0 Å². The Morgan fingerprint density at radius 2 is 1.74 bits per heavy atom. The number of carbonyl (C=O) groups is 2. The summed E-state index contributed by atoms with van der Waals surface area (Å²) in [7, 11) is 0. The minimum absolute atomic E-state index is 0.0928. The van der Waals surface area contributed by atoms with Gasteiger partial charge in [0.15, 0.2) is 5.76 Å². The molecule has 1 heterocycles. The van der Waals surface area contributed by atoms with E-state index in [-0.39, 0.29) is 17.5 Å². The van der Waals surface area contributed by atoms with Gasteiger partial charge in [-0.15, -0.1) is 0 Å². The smallest absolute Gasteiger partial charge is 0.255 e. The summed E-state index contributed by atoms with van der Waals surface area (Å²) in [5.41, 5.74) is 1.78. The van der Waals surface area contributed by atoms with E-state index >= 15 is 0 Å². The Balaban J connectivity index is 1.70. The summed E-state index contributed by atoms with van der Waals surface area (Å²) in [6.45, 7) is 2.59. The van der Waals surface area contributed by atoms with E-state index < -0.39 is 0 Å². The maximum Gasteiger partial charge on any atom is 0.255 e. The molecule has 0 saturated heterocycles. The average molecular weight is 478 g/mol. The lowest BCUT2D eigenvalue weighted by Crippen LogP contribution is -2.14. The number of carbonyl (C=O) groups excluding carboxylic acids is 2. The Bertz CT molecular complexity index is 1240. The molecule has 1 amide bonds. The van der Waals surface area contributed by atoms with Gasteiger partial charge in [0.2, 0.25) is 5.78 Å². The van der Waals surface area contributed by atoms with Gasteiger partial charge in [0, 0.05) is 21.0 Å². The first-order valence-electron chi connectivity index (χ1n) is 9.93. The minimum Gasteiger partial charge on any atom is -0.494 e. The summed E-state index contributed by atoms with van der Waals surface area (Å²) < 4.78 is 12.4. The maximum absolute atomic E-state index is 13.2. The van der Waals surface area contributed by atoms with E-state index in [2.05, 4.69) is 21.2 Å². The van der Waals surface area contributed by atoms with E-state index in [0.29, 0.717) is 40.1 Å². The quantitative estimate of drug-likeness (QED) is 0.309. The first-order chi connectivity index (χ1) is 15.1. The fourth-order valence-electron chi connectivity index (χ4n) is 3.19. The predicted octanol–water partition coefficient (Wildman–Crippen LogP) is 6.47. The van der Waals surface area contributed by atoms with Crippen LogP contribution in [-0.4, -0.2) is 18.3 Å². The van der Waals surface area contributed by atoms with Crippen molar-refractivity contribution in [2.45, 2.75) is 13.3 Å². The maximum atomic E-state index is 13.2. The summed E-state index contributed by atoms with van der Waals surface area (Å²) in [4.78, 5) is 26.2. The third-order valence-corrected chi connectivity index (χ3v) is 5.24. The number of furan rings is 1. The van der Waals surface area contributed by atoms with Gasteiger partial charge in [-0.3, -0.25) is 9.59 Å². The van der Waals surface area contributed by atoms with Crippen molar-refractivity contribution in [2.24, 2.45) is 0 Å². The number of hydrogen-bond acceptors (Lipinski definition) is 4. The molecule has 0 aliphatic heterocycles. The van der Waals surface area contributed by atoms with Crippen LogP contribution in [0.2, 0.25) is 0 Å². The number of ketones is 1. The van der Waals surface area contributed by atoms with Crippen molar-refractivity contribution in [3.63, 3.8) is 0 Å². The fourth-order valence-corrected chi connectivity index (χ4v) is 3.46. The number of para-hydroxylation sites is 1. The topological polar surface area (TPSA) is 68.5 Å². The molecule has 1 aromatic heterocycles. The second kappa shape index (κ2) is 9.18. The summed E-state index contributed by atoms with van der Waals surface area (Å²) in [6, 6.07) is 21.2. The average Bonchev–Trinajstić information content (AvgIpc) is 3.16. The Hall–Kier alpha value is -3.38. The van der Waals surface area contributed by atoms with Gasteiger partial charge in [-0.2, -0.15) is 0 Å². The molecular weight excluding hydrogens is 458 g/mol. The largest absolute Gasteiger partial charge is 0.494 e. The molecule has 6 heteroatoms. The van der Waals surface area contributed by atoms with Crippen molar-refractivity contribution in [1.29, 1.82) is 0 Å². The molecule has 0 saturated carbocycles. The number of anilines is 1. The standard InChI is InChI=1S/C25H20BrNO4/c1-2-14-30-19-7-5-6-17(15-19)25(29)27-22-20-8-3-4-9-21(20)31-24(22)23(28)16-10-12-18(26)13-11-16/h3-13,15H,2,14H2,1H3,(H,27,29). The van der Waals surface area contributed by atoms with Gasteiger partial charge in [0.25, 0.3) is 5.91 Å². The van der Waals surface area contributed by atoms with Crippen molar-refractivity contribution in [3.05, 3.63) is 94.2 Å². The second-order valence-corrected chi connectivity index (χ2v) is 7.88. The van der Waals surface area contributed by atoms with E-state index in [1.165, 1.54) is 0 Å². The first-order valence-corrected chi connectivity index (χ1v) is 10.7. The third kappa shape index (κ3) is 4.54.